The van der Waals surface area contributed by atoms with Crippen molar-refractivity contribution in [1.29, 1.82) is 0 Å². The van der Waals surface area contributed by atoms with E-state index < -0.39 is 11.9 Å². The fourth-order valence-electron chi connectivity index (χ4n) is 5.58. The molecule has 3 aromatic rings. The van der Waals surface area contributed by atoms with Crippen LogP contribution in [-0.2, 0) is 14.4 Å². The number of carbonyl (C=O) groups excluding carboxylic acids is 3. The summed E-state index contributed by atoms with van der Waals surface area (Å²) in [6.07, 6.45) is -0.161. The monoisotopic (exact) mass is 593 g/mol. The van der Waals surface area contributed by atoms with Crippen molar-refractivity contribution in [3.8, 4) is 0 Å². The van der Waals surface area contributed by atoms with Crippen LogP contribution in [0.4, 0.5) is 5.69 Å². The van der Waals surface area contributed by atoms with Gasteiger partial charge in [-0.1, -0.05) is 83.9 Å². The normalized spacial score (nSPS) is 18.3. The van der Waals surface area contributed by atoms with E-state index in [0.717, 1.165) is 26.2 Å². The molecule has 214 valence electrons. The van der Waals surface area contributed by atoms with Crippen LogP contribution in [-0.4, -0.2) is 84.3 Å². The molecule has 2 aliphatic heterocycles. The van der Waals surface area contributed by atoms with Crippen LogP contribution in [0.25, 0.3) is 0 Å². The molecule has 41 heavy (non-hydrogen) atoms. The third kappa shape index (κ3) is 7.45. The quantitative estimate of drug-likeness (QED) is 0.411. The maximum Gasteiger partial charge on any atom is 0.243 e. The van der Waals surface area contributed by atoms with Gasteiger partial charge in [0.2, 0.25) is 17.7 Å². The lowest BCUT2D eigenvalue weighted by Crippen LogP contribution is -2.60. The standard InChI is InChI=1S/C31H33Cl2N5O3/c32-24-17-25(33)19-26(18-24)35-28(39)20-27-31(41)34-11-12-38(27)29(40)21-36-13-15-37(16-14-36)30(22-7-3-1-4-8-22)23-9-5-2-6-10-23/h1-10,17-19,27,30H,11-16,20-21H2,(H,34,41)(H,35,39)/t27-/m1/s1. The molecular weight excluding hydrogens is 561 g/mol. The van der Waals surface area contributed by atoms with Crippen molar-refractivity contribution in [3.05, 3.63) is 100 Å². The van der Waals surface area contributed by atoms with Gasteiger partial charge in [0.15, 0.2) is 0 Å². The number of rotatable bonds is 8. The smallest absolute Gasteiger partial charge is 0.243 e. The van der Waals surface area contributed by atoms with E-state index in [0.29, 0.717) is 28.8 Å². The third-order valence-corrected chi connectivity index (χ3v) is 7.97. The Labute approximate surface area is 250 Å². The first-order valence-corrected chi connectivity index (χ1v) is 14.5. The van der Waals surface area contributed by atoms with Crippen molar-refractivity contribution >= 4 is 46.6 Å². The van der Waals surface area contributed by atoms with Crippen molar-refractivity contribution in [2.75, 3.05) is 51.1 Å². The van der Waals surface area contributed by atoms with Crippen LogP contribution in [0.5, 0.6) is 0 Å². The molecule has 0 radical (unpaired) electrons. The van der Waals surface area contributed by atoms with Crippen LogP contribution >= 0.6 is 23.2 Å². The molecular formula is C31H33Cl2N5O3. The molecule has 0 unspecified atom stereocenters. The van der Waals surface area contributed by atoms with Gasteiger partial charge >= 0.3 is 0 Å². The van der Waals surface area contributed by atoms with Gasteiger partial charge < -0.3 is 15.5 Å². The number of carbonyl (C=O) groups is 3. The van der Waals surface area contributed by atoms with Crippen LogP contribution in [0, 0.1) is 0 Å². The molecule has 5 rings (SSSR count). The molecule has 1 atom stereocenters. The van der Waals surface area contributed by atoms with Gasteiger partial charge in [-0.05, 0) is 29.3 Å². The zero-order valence-electron chi connectivity index (χ0n) is 22.6. The average molecular weight is 595 g/mol. The Morgan fingerprint density at radius 2 is 1.44 bits per heavy atom. The Morgan fingerprint density at radius 1 is 0.854 bits per heavy atom. The molecule has 0 aliphatic carbocycles. The van der Waals surface area contributed by atoms with Gasteiger partial charge in [0.05, 0.1) is 19.0 Å². The molecule has 8 nitrogen and oxygen atoms in total. The topological polar surface area (TPSA) is 85.0 Å². The van der Waals surface area contributed by atoms with Crippen molar-refractivity contribution < 1.29 is 14.4 Å². The molecule has 3 aromatic carbocycles. The minimum atomic E-state index is -0.882. The van der Waals surface area contributed by atoms with E-state index in [9.17, 15) is 14.4 Å². The highest BCUT2D eigenvalue weighted by Gasteiger charge is 2.36. The van der Waals surface area contributed by atoms with Crippen LogP contribution in [0.1, 0.15) is 23.6 Å². The number of amides is 3. The van der Waals surface area contributed by atoms with Gasteiger partial charge in [-0.25, -0.2) is 0 Å². The predicted molar refractivity (Wildman–Crippen MR) is 161 cm³/mol. The Balaban J connectivity index is 1.20. The van der Waals surface area contributed by atoms with Crippen LogP contribution in [0.15, 0.2) is 78.9 Å². The van der Waals surface area contributed by atoms with Gasteiger partial charge in [0.25, 0.3) is 0 Å². The second-order valence-corrected chi connectivity index (χ2v) is 11.2. The van der Waals surface area contributed by atoms with E-state index in [2.05, 4.69) is 69.0 Å². The number of nitrogens with one attached hydrogen (secondary N) is 2. The van der Waals surface area contributed by atoms with Crippen molar-refractivity contribution in [3.63, 3.8) is 0 Å². The minimum absolute atomic E-state index is 0.137. The van der Waals surface area contributed by atoms with Gasteiger partial charge in [0, 0.05) is 55.0 Å². The van der Waals surface area contributed by atoms with Crippen molar-refractivity contribution in [2.24, 2.45) is 0 Å². The summed E-state index contributed by atoms with van der Waals surface area (Å²) in [7, 11) is 0. The van der Waals surface area contributed by atoms with Crippen LogP contribution in [0.2, 0.25) is 10.0 Å². The van der Waals surface area contributed by atoms with E-state index in [4.69, 9.17) is 23.2 Å². The number of halogens is 2. The molecule has 2 aliphatic rings. The molecule has 2 saturated heterocycles. The van der Waals surface area contributed by atoms with Crippen molar-refractivity contribution in [2.45, 2.75) is 18.5 Å². The zero-order chi connectivity index (χ0) is 28.8. The molecule has 2 heterocycles. The van der Waals surface area contributed by atoms with Crippen molar-refractivity contribution in [1.82, 2.24) is 20.0 Å². The SMILES string of the molecule is O=C(C[C@@H]1C(=O)NCCN1C(=O)CN1CCN(C(c2ccccc2)c2ccccc2)CC1)Nc1cc(Cl)cc(Cl)c1. The van der Waals surface area contributed by atoms with Gasteiger partial charge in [-0.3, -0.25) is 24.2 Å². The molecule has 0 bridgehead atoms. The Kier molecular flexibility index (Phi) is 9.57. The fraction of sp³-hybridized carbons (Fsp3) is 0.323. The summed E-state index contributed by atoms with van der Waals surface area (Å²) in [6.45, 7) is 3.97. The van der Waals surface area contributed by atoms with Gasteiger partial charge in [-0.2, -0.15) is 0 Å². The van der Waals surface area contributed by atoms with Gasteiger partial charge in [-0.15, -0.1) is 0 Å². The molecule has 10 heteroatoms. The lowest BCUT2D eigenvalue weighted by Gasteiger charge is -2.41. The third-order valence-electron chi connectivity index (χ3n) is 7.54. The first-order valence-electron chi connectivity index (χ1n) is 13.8. The molecule has 0 spiro atoms. The highest BCUT2D eigenvalue weighted by Crippen LogP contribution is 2.29. The molecule has 3 amide bonds. The average Bonchev–Trinajstić information content (AvgIpc) is 2.96. The summed E-state index contributed by atoms with van der Waals surface area (Å²) >= 11 is 12.1. The predicted octanol–water partition coefficient (Wildman–Crippen LogP) is 4.06. The lowest BCUT2D eigenvalue weighted by atomic mass is 9.96. The van der Waals surface area contributed by atoms with Crippen LogP contribution < -0.4 is 10.6 Å². The largest absolute Gasteiger partial charge is 0.353 e. The first-order chi connectivity index (χ1) is 19.9. The first kappa shape index (κ1) is 29.1. The number of benzene rings is 3. The summed E-state index contributed by atoms with van der Waals surface area (Å²) in [5, 5.41) is 6.29. The number of anilines is 1. The molecule has 0 aromatic heterocycles. The maximum absolute atomic E-state index is 13.4. The summed E-state index contributed by atoms with van der Waals surface area (Å²) in [6, 6.07) is 24.9. The van der Waals surface area contributed by atoms with Crippen LogP contribution in [0.3, 0.4) is 0 Å². The Morgan fingerprint density at radius 3 is 2.02 bits per heavy atom. The number of nitrogens with zero attached hydrogens (tertiary/aromatic N) is 3. The Bertz CT molecular complexity index is 1310. The molecule has 2 fully saturated rings. The maximum atomic E-state index is 13.4. The summed E-state index contributed by atoms with van der Waals surface area (Å²) in [4.78, 5) is 45.1. The minimum Gasteiger partial charge on any atom is -0.353 e. The molecule has 2 N–H and O–H groups in total. The number of hydrogen-bond acceptors (Lipinski definition) is 5. The van der Waals surface area contributed by atoms with E-state index in [1.807, 2.05) is 12.1 Å². The van der Waals surface area contributed by atoms with E-state index >= 15 is 0 Å². The number of piperazine rings is 2. The number of hydrogen-bond donors (Lipinski definition) is 2. The second kappa shape index (κ2) is 13.5. The van der Waals surface area contributed by atoms with E-state index in [-0.39, 0.29) is 30.8 Å². The lowest BCUT2D eigenvalue weighted by molar-refractivity contribution is -0.145. The van der Waals surface area contributed by atoms with E-state index in [1.54, 1.807) is 18.2 Å². The summed E-state index contributed by atoms with van der Waals surface area (Å²) in [5.74, 6) is -0.883. The second-order valence-electron chi connectivity index (χ2n) is 10.3. The fourth-order valence-corrected chi connectivity index (χ4v) is 6.10. The highest BCUT2D eigenvalue weighted by atomic mass is 35.5. The Hall–Kier alpha value is -3.43. The molecule has 0 saturated carbocycles. The summed E-state index contributed by atoms with van der Waals surface area (Å²) in [5.41, 5.74) is 2.91. The van der Waals surface area contributed by atoms with E-state index in [1.165, 1.54) is 16.0 Å². The summed E-state index contributed by atoms with van der Waals surface area (Å²) < 4.78 is 0. The van der Waals surface area contributed by atoms with Gasteiger partial charge in [0.1, 0.15) is 6.04 Å². The highest BCUT2D eigenvalue weighted by molar-refractivity contribution is 6.35. The zero-order valence-corrected chi connectivity index (χ0v) is 24.2.